The summed E-state index contributed by atoms with van der Waals surface area (Å²) in [6.07, 6.45) is 1.46. The van der Waals surface area contributed by atoms with E-state index < -0.39 is 10.0 Å². The topological polar surface area (TPSA) is 61.2 Å². The van der Waals surface area contributed by atoms with Crippen molar-refractivity contribution >= 4 is 10.0 Å². The molecule has 0 bridgehead atoms. The Labute approximate surface area is 119 Å². The van der Waals surface area contributed by atoms with Gasteiger partial charge in [-0.2, -0.15) is 17.6 Å². The van der Waals surface area contributed by atoms with Gasteiger partial charge in [0.15, 0.2) is 0 Å². The highest BCUT2D eigenvalue weighted by Crippen LogP contribution is 2.31. The third-order valence-corrected chi connectivity index (χ3v) is 5.08. The van der Waals surface area contributed by atoms with Crippen molar-refractivity contribution in [2.75, 3.05) is 7.11 Å². The Kier molecular flexibility index (Phi) is 3.60. The fourth-order valence-corrected chi connectivity index (χ4v) is 3.76. The Bertz CT molecular complexity index is 761. The molecule has 5 nitrogen and oxygen atoms in total. The summed E-state index contributed by atoms with van der Waals surface area (Å²) in [7, 11) is -2.09. The summed E-state index contributed by atoms with van der Waals surface area (Å²) in [5.41, 5.74) is 2.96. The summed E-state index contributed by atoms with van der Waals surface area (Å²) in [5, 5.41) is 4.00. The molecule has 0 aliphatic heterocycles. The predicted octanol–water partition coefficient (Wildman–Crippen LogP) is 2.36. The van der Waals surface area contributed by atoms with Crippen LogP contribution in [0.2, 0.25) is 0 Å². The third kappa shape index (κ3) is 2.20. The van der Waals surface area contributed by atoms with Gasteiger partial charge in [-0.05, 0) is 56.5 Å². The minimum atomic E-state index is -3.67. The van der Waals surface area contributed by atoms with Crippen molar-refractivity contribution in [3.05, 3.63) is 40.7 Å². The number of hydrogen-bond acceptors (Lipinski definition) is 4. The van der Waals surface area contributed by atoms with Crippen LogP contribution in [0.1, 0.15) is 22.4 Å². The Hall–Kier alpha value is -1.82. The number of hydrogen-bond donors (Lipinski definition) is 0. The summed E-state index contributed by atoms with van der Waals surface area (Å²) in [6.45, 7) is 7.22. The minimum absolute atomic E-state index is 0.261. The fraction of sp³-hybridized carbons (Fsp3) is 0.357. The Morgan fingerprint density at radius 2 is 1.80 bits per heavy atom. The lowest BCUT2D eigenvalue weighted by molar-refractivity contribution is 0.407. The highest BCUT2D eigenvalue weighted by molar-refractivity contribution is 7.89. The molecule has 1 heterocycles. The Morgan fingerprint density at radius 1 is 1.15 bits per heavy atom. The van der Waals surface area contributed by atoms with Gasteiger partial charge >= 0.3 is 0 Å². The molecule has 1 aromatic heterocycles. The molecule has 2 rings (SSSR count). The molecule has 0 aliphatic rings. The van der Waals surface area contributed by atoms with Gasteiger partial charge in [0.1, 0.15) is 5.75 Å². The summed E-state index contributed by atoms with van der Waals surface area (Å²) in [6, 6.07) is 3.30. The van der Waals surface area contributed by atoms with Gasteiger partial charge in [0, 0.05) is 6.20 Å². The molecule has 0 fully saturated rings. The standard InChI is InChI=1S/C14H18N2O3S/c1-9-8-13(11(3)12(4)14(9)19-5)20(17,18)16-7-6-10(2)15-16/h6-8H,1-5H3. The average Bonchev–Trinajstić information content (AvgIpc) is 2.81. The van der Waals surface area contributed by atoms with Crippen molar-refractivity contribution in [3.63, 3.8) is 0 Å². The number of benzene rings is 1. The van der Waals surface area contributed by atoms with Gasteiger partial charge in [-0.15, -0.1) is 0 Å². The molecule has 0 N–H and O–H groups in total. The number of aryl methyl sites for hydroxylation is 2. The van der Waals surface area contributed by atoms with Crippen LogP contribution in [-0.2, 0) is 10.0 Å². The van der Waals surface area contributed by atoms with Crippen LogP contribution in [0, 0.1) is 27.7 Å². The van der Waals surface area contributed by atoms with Crippen LogP contribution in [-0.4, -0.2) is 24.7 Å². The van der Waals surface area contributed by atoms with Crippen LogP contribution in [0.25, 0.3) is 0 Å². The second-order valence-electron chi connectivity index (χ2n) is 4.81. The van der Waals surface area contributed by atoms with Gasteiger partial charge in [0.2, 0.25) is 0 Å². The van der Waals surface area contributed by atoms with E-state index in [0.29, 0.717) is 11.3 Å². The zero-order chi connectivity index (χ0) is 15.1. The van der Waals surface area contributed by atoms with Crippen molar-refractivity contribution in [1.82, 2.24) is 9.19 Å². The number of ether oxygens (including phenoxy) is 1. The van der Waals surface area contributed by atoms with Crippen LogP contribution in [0.4, 0.5) is 0 Å². The van der Waals surface area contributed by atoms with Crippen molar-refractivity contribution in [2.24, 2.45) is 0 Å². The van der Waals surface area contributed by atoms with E-state index >= 15 is 0 Å². The van der Waals surface area contributed by atoms with E-state index in [4.69, 9.17) is 4.74 Å². The van der Waals surface area contributed by atoms with Gasteiger partial charge < -0.3 is 4.74 Å². The molecular formula is C14H18N2O3S. The number of methoxy groups -OCH3 is 1. The van der Waals surface area contributed by atoms with E-state index in [1.54, 1.807) is 33.1 Å². The van der Waals surface area contributed by atoms with Gasteiger partial charge in [0.05, 0.1) is 17.7 Å². The molecule has 108 valence electrons. The zero-order valence-corrected chi connectivity index (χ0v) is 13.1. The maximum Gasteiger partial charge on any atom is 0.283 e. The maximum absolute atomic E-state index is 12.6. The summed E-state index contributed by atoms with van der Waals surface area (Å²) >= 11 is 0. The van der Waals surface area contributed by atoms with Gasteiger partial charge in [-0.3, -0.25) is 0 Å². The average molecular weight is 294 g/mol. The largest absolute Gasteiger partial charge is 0.496 e. The summed E-state index contributed by atoms with van der Waals surface area (Å²) in [4.78, 5) is 0.261. The van der Waals surface area contributed by atoms with E-state index in [1.165, 1.54) is 6.20 Å². The molecule has 20 heavy (non-hydrogen) atoms. The maximum atomic E-state index is 12.6. The van der Waals surface area contributed by atoms with E-state index in [1.807, 2.05) is 13.8 Å². The number of nitrogens with zero attached hydrogens (tertiary/aromatic N) is 2. The molecule has 0 amide bonds. The first-order valence-corrected chi connectivity index (χ1v) is 7.65. The molecule has 0 unspecified atom stereocenters. The van der Waals surface area contributed by atoms with Crippen molar-refractivity contribution in [2.45, 2.75) is 32.6 Å². The van der Waals surface area contributed by atoms with E-state index in [-0.39, 0.29) is 4.90 Å². The molecular weight excluding hydrogens is 276 g/mol. The van der Waals surface area contributed by atoms with Gasteiger partial charge in [0.25, 0.3) is 10.0 Å². The SMILES string of the molecule is COc1c(C)cc(S(=O)(=O)n2ccc(C)n2)c(C)c1C. The third-order valence-electron chi connectivity index (χ3n) is 3.41. The highest BCUT2D eigenvalue weighted by atomic mass is 32.2. The molecule has 0 saturated carbocycles. The lowest BCUT2D eigenvalue weighted by atomic mass is 10.1. The van der Waals surface area contributed by atoms with Crippen LogP contribution in [0.3, 0.4) is 0 Å². The molecule has 1 aromatic carbocycles. The van der Waals surface area contributed by atoms with Crippen molar-refractivity contribution in [1.29, 1.82) is 0 Å². The lowest BCUT2D eigenvalue weighted by Gasteiger charge is -2.15. The molecule has 2 aromatic rings. The second-order valence-corrected chi connectivity index (χ2v) is 6.57. The second kappa shape index (κ2) is 4.94. The zero-order valence-electron chi connectivity index (χ0n) is 12.3. The highest BCUT2D eigenvalue weighted by Gasteiger charge is 2.23. The van der Waals surface area contributed by atoms with E-state index in [2.05, 4.69) is 5.10 Å². The van der Waals surface area contributed by atoms with Crippen LogP contribution < -0.4 is 4.74 Å². The van der Waals surface area contributed by atoms with Gasteiger partial charge in [-0.1, -0.05) is 0 Å². The van der Waals surface area contributed by atoms with Crippen molar-refractivity contribution < 1.29 is 13.2 Å². The molecule has 0 radical (unpaired) electrons. The molecule has 0 aliphatic carbocycles. The molecule has 0 atom stereocenters. The smallest absolute Gasteiger partial charge is 0.283 e. The first-order valence-electron chi connectivity index (χ1n) is 6.21. The molecule has 6 heteroatoms. The fourth-order valence-electron chi connectivity index (χ4n) is 2.23. The van der Waals surface area contributed by atoms with Crippen molar-refractivity contribution in [3.8, 4) is 5.75 Å². The van der Waals surface area contributed by atoms with E-state index in [9.17, 15) is 8.42 Å². The first kappa shape index (κ1) is 14.6. The monoisotopic (exact) mass is 294 g/mol. The lowest BCUT2D eigenvalue weighted by Crippen LogP contribution is -2.16. The normalized spacial score (nSPS) is 11.7. The Balaban J connectivity index is 2.70. The predicted molar refractivity (Wildman–Crippen MR) is 76.8 cm³/mol. The molecule has 0 spiro atoms. The van der Waals surface area contributed by atoms with E-state index in [0.717, 1.165) is 21.0 Å². The molecule has 0 saturated heterocycles. The van der Waals surface area contributed by atoms with Crippen LogP contribution >= 0.6 is 0 Å². The van der Waals surface area contributed by atoms with Crippen LogP contribution in [0.5, 0.6) is 5.75 Å². The summed E-state index contributed by atoms with van der Waals surface area (Å²) in [5.74, 6) is 0.720. The quantitative estimate of drug-likeness (QED) is 0.872. The Morgan fingerprint density at radius 3 is 2.30 bits per heavy atom. The first-order chi connectivity index (χ1) is 9.28. The van der Waals surface area contributed by atoms with Crippen LogP contribution in [0.15, 0.2) is 23.2 Å². The number of rotatable bonds is 3. The number of aromatic nitrogens is 2. The van der Waals surface area contributed by atoms with Gasteiger partial charge in [-0.25, -0.2) is 0 Å². The minimum Gasteiger partial charge on any atom is -0.496 e. The summed E-state index contributed by atoms with van der Waals surface area (Å²) < 4.78 is 31.6.